The fraction of sp³-hybridized carbons (Fsp3) is 0.875. The summed E-state index contributed by atoms with van der Waals surface area (Å²) in [5, 5.41) is 0. The number of hydrogen-bond donors (Lipinski definition) is 0. The summed E-state index contributed by atoms with van der Waals surface area (Å²) < 4.78 is 5.42. The third-order valence-corrected chi connectivity index (χ3v) is 3.56. The van der Waals surface area contributed by atoms with Gasteiger partial charge in [0.05, 0.1) is 0 Å². The largest absolute Gasteiger partial charge is 0.444 e. The number of guanidine groups is 1. The Labute approximate surface area is 135 Å². The van der Waals surface area contributed by atoms with Gasteiger partial charge < -0.3 is 19.4 Å². The number of aliphatic imine (C=N–C) groups is 1. The molecule has 0 aromatic rings. The molecule has 0 atom stereocenters. The molecule has 0 saturated carbocycles. The van der Waals surface area contributed by atoms with Crippen LogP contribution in [0.1, 0.15) is 33.6 Å². The van der Waals surface area contributed by atoms with Crippen LogP contribution in [0.25, 0.3) is 0 Å². The number of hydrogen-bond acceptors (Lipinski definition) is 3. The molecule has 1 heterocycles. The Morgan fingerprint density at radius 3 is 2.05 bits per heavy atom. The highest BCUT2D eigenvalue weighted by atomic mass is 16.6. The minimum Gasteiger partial charge on any atom is -0.444 e. The summed E-state index contributed by atoms with van der Waals surface area (Å²) in [5.41, 5.74) is -0.426. The smallest absolute Gasteiger partial charge is 0.410 e. The molecule has 22 heavy (non-hydrogen) atoms. The van der Waals surface area contributed by atoms with Crippen LogP contribution in [0.3, 0.4) is 0 Å². The zero-order valence-corrected chi connectivity index (χ0v) is 15.2. The first-order valence-corrected chi connectivity index (χ1v) is 7.97. The number of rotatable bonds is 2. The van der Waals surface area contributed by atoms with E-state index < -0.39 is 5.60 Å². The zero-order valence-electron chi connectivity index (χ0n) is 15.2. The Morgan fingerprint density at radius 2 is 1.64 bits per heavy atom. The van der Waals surface area contributed by atoms with Crippen LogP contribution >= 0.6 is 0 Å². The maximum Gasteiger partial charge on any atom is 0.410 e. The lowest BCUT2D eigenvalue weighted by Crippen LogP contribution is -2.42. The van der Waals surface area contributed by atoms with Crippen LogP contribution < -0.4 is 0 Å². The third kappa shape index (κ3) is 6.12. The lowest BCUT2D eigenvalue weighted by Gasteiger charge is -2.33. The van der Waals surface area contributed by atoms with E-state index >= 15 is 0 Å². The van der Waals surface area contributed by atoms with Crippen LogP contribution in [0, 0.1) is 5.92 Å². The van der Waals surface area contributed by atoms with E-state index in [-0.39, 0.29) is 6.09 Å². The number of piperidine rings is 1. The molecular weight excluding hydrogens is 280 g/mol. The first kappa shape index (κ1) is 18.6. The van der Waals surface area contributed by atoms with Crippen molar-refractivity contribution >= 4 is 12.1 Å². The Balaban J connectivity index is 2.46. The van der Waals surface area contributed by atoms with Gasteiger partial charge in [-0.1, -0.05) is 0 Å². The second-order valence-corrected chi connectivity index (χ2v) is 7.34. The molecule has 6 nitrogen and oxygen atoms in total. The van der Waals surface area contributed by atoms with Crippen LogP contribution in [0.2, 0.25) is 0 Å². The van der Waals surface area contributed by atoms with Gasteiger partial charge in [-0.3, -0.25) is 4.99 Å². The van der Waals surface area contributed by atoms with Gasteiger partial charge in [-0.05, 0) is 39.5 Å². The molecule has 6 heteroatoms. The van der Waals surface area contributed by atoms with Crippen molar-refractivity contribution < 1.29 is 9.53 Å². The highest BCUT2D eigenvalue weighted by Gasteiger charge is 2.26. The van der Waals surface area contributed by atoms with Crippen LogP contribution in [-0.2, 0) is 4.74 Å². The molecule has 0 unspecified atom stereocenters. The Morgan fingerprint density at radius 1 is 1.14 bits per heavy atom. The van der Waals surface area contributed by atoms with Gasteiger partial charge in [-0.2, -0.15) is 0 Å². The van der Waals surface area contributed by atoms with Gasteiger partial charge in [0.15, 0.2) is 5.96 Å². The van der Waals surface area contributed by atoms with Crippen LogP contribution in [-0.4, -0.2) is 80.2 Å². The molecule has 0 radical (unpaired) electrons. The van der Waals surface area contributed by atoms with Crippen molar-refractivity contribution in [2.75, 3.05) is 47.8 Å². The maximum absolute atomic E-state index is 12.0. The van der Waals surface area contributed by atoms with E-state index in [0.29, 0.717) is 5.92 Å². The van der Waals surface area contributed by atoms with E-state index in [4.69, 9.17) is 9.73 Å². The molecule has 0 aromatic carbocycles. The molecule has 1 amide bonds. The molecule has 0 spiro atoms. The van der Waals surface area contributed by atoms with Crippen LogP contribution in [0.4, 0.5) is 4.79 Å². The van der Waals surface area contributed by atoms with Crippen LogP contribution in [0.15, 0.2) is 4.99 Å². The Hall–Kier alpha value is -1.46. The fourth-order valence-corrected chi connectivity index (χ4v) is 2.52. The number of nitrogens with zero attached hydrogens (tertiary/aromatic N) is 4. The second-order valence-electron chi connectivity index (χ2n) is 7.34. The summed E-state index contributed by atoms with van der Waals surface area (Å²) in [6.07, 6.45) is 1.77. The number of carbonyl (C=O) groups excluding carboxylic acids is 1. The highest BCUT2D eigenvalue weighted by Crippen LogP contribution is 2.20. The SMILES string of the molecule is CN(C)C(=NCC1CCN(C(=O)OC(C)(C)C)CC1)N(C)C. The quantitative estimate of drug-likeness (QED) is 0.579. The van der Waals surface area contributed by atoms with Crippen molar-refractivity contribution in [3.05, 3.63) is 0 Å². The molecule has 128 valence electrons. The standard InChI is InChI=1S/C16H32N4O2/c1-16(2,3)22-15(21)20-10-8-13(9-11-20)12-17-14(18(4)5)19(6)7/h13H,8-12H2,1-7H3. The highest BCUT2D eigenvalue weighted by molar-refractivity contribution is 5.79. The maximum atomic E-state index is 12.0. The molecule has 1 saturated heterocycles. The number of carbonyl (C=O) groups is 1. The van der Waals surface area contributed by atoms with Gasteiger partial charge in [0.2, 0.25) is 0 Å². The number of likely N-dealkylation sites (tertiary alicyclic amines) is 1. The normalized spacial score (nSPS) is 16.2. The summed E-state index contributed by atoms with van der Waals surface area (Å²) in [6.45, 7) is 8.03. The second kappa shape index (κ2) is 7.70. The van der Waals surface area contributed by atoms with E-state index in [9.17, 15) is 4.79 Å². The molecule has 1 aliphatic rings. The van der Waals surface area contributed by atoms with Gasteiger partial charge in [0.25, 0.3) is 0 Å². The van der Waals surface area contributed by atoms with E-state index in [2.05, 4.69) is 0 Å². The predicted octanol–water partition coefficient (Wildman–Crippen LogP) is 2.11. The van der Waals surface area contributed by atoms with E-state index in [0.717, 1.165) is 38.4 Å². The van der Waals surface area contributed by atoms with Crippen molar-refractivity contribution in [2.45, 2.75) is 39.2 Å². The monoisotopic (exact) mass is 312 g/mol. The van der Waals surface area contributed by atoms with Crippen molar-refractivity contribution in [3.8, 4) is 0 Å². The minimum absolute atomic E-state index is 0.197. The van der Waals surface area contributed by atoms with Crippen molar-refractivity contribution in [1.29, 1.82) is 0 Å². The summed E-state index contributed by atoms with van der Waals surface area (Å²) in [4.78, 5) is 22.6. The summed E-state index contributed by atoms with van der Waals surface area (Å²) in [6, 6.07) is 0. The first-order chi connectivity index (χ1) is 10.1. The molecule has 1 fully saturated rings. The zero-order chi connectivity index (χ0) is 16.9. The summed E-state index contributed by atoms with van der Waals surface area (Å²) in [5.74, 6) is 1.52. The third-order valence-electron chi connectivity index (χ3n) is 3.56. The van der Waals surface area contributed by atoms with Gasteiger partial charge in [-0.15, -0.1) is 0 Å². The van der Waals surface area contributed by atoms with Crippen molar-refractivity contribution in [1.82, 2.24) is 14.7 Å². The lowest BCUT2D eigenvalue weighted by molar-refractivity contribution is 0.0187. The topological polar surface area (TPSA) is 48.4 Å². The molecule has 0 bridgehead atoms. The van der Waals surface area contributed by atoms with Gasteiger partial charge in [-0.25, -0.2) is 4.79 Å². The van der Waals surface area contributed by atoms with Gasteiger partial charge in [0.1, 0.15) is 5.60 Å². The average Bonchev–Trinajstić information content (AvgIpc) is 2.36. The Bertz CT molecular complexity index is 381. The summed E-state index contributed by atoms with van der Waals surface area (Å²) in [7, 11) is 8.02. The summed E-state index contributed by atoms with van der Waals surface area (Å²) >= 11 is 0. The van der Waals surface area contributed by atoms with Crippen molar-refractivity contribution in [3.63, 3.8) is 0 Å². The fourth-order valence-electron chi connectivity index (χ4n) is 2.52. The van der Waals surface area contributed by atoms with E-state index in [1.165, 1.54) is 0 Å². The van der Waals surface area contributed by atoms with E-state index in [1.807, 2.05) is 63.7 Å². The Kier molecular flexibility index (Phi) is 6.50. The van der Waals surface area contributed by atoms with Gasteiger partial charge >= 0.3 is 6.09 Å². The molecule has 1 aliphatic heterocycles. The number of ether oxygens (including phenoxy) is 1. The first-order valence-electron chi connectivity index (χ1n) is 7.97. The molecule has 1 rings (SSSR count). The lowest BCUT2D eigenvalue weighted by atomic mass is 9.97. The molecule has 0 aliphatic carbocycles. The average molecular weight is 312 g/mol. The van der Waals surface area contributed by atoms with Crippen molar-refractivity contribution in [2.24, 2.45) is 10.9 Å². The number of amides is 1. The predicted molar refractivity (Wildman–Crippen MR) is 90.2 cm³/mol. The van der Waals surface area contributed by atoms with E-state index in [1.54, 1.807) is 0 Å². The molecule has 0 aromatic heterocycles. The van der Waals surface area contributed by atoms with Crippen LogP contribution in [0.5, 0.6) is 0 Å². The minimum atomic E-state index is -0.426. The van der Waals surface area contributed by atoms with Gasteiger partial charge in [0, 0.05) is 47.8 Å². The molecular formula is C16H32N4O2. The molecule has 0 N–H and O–H groups in total.